The van der Waals surface area contributed by atoms with Crippen LogP contribution in [0.5, 0.6) is 5.75 Å². The second-order valence-electron chi connectivity index (χ2n) is 6.26. The number of hydrogen-bond donors (Lipinski definition) is 0. The van der Waals surface area contributed by atoms with Crippen LogP contribution in [0, 0.1) is 0 Å². The first kappa shape index (κ1) is 19.6. The topological polar surface area (TPSA) is 38.8 Å². The lowest BCUT2D eigenvalue weighted by molar-refractivity contribution is 0.0974. The van der Waals surface area contributed by atoms with Crippen molar-refractivity contribution in [1.29, 1.82) is 0 Å². The van der Waals surface area contributed by atoms with Crippen molar-refractivity contribution in [3.63, 3.8) is 0 Å². The molecular weight excluding hydrogens is 385 g/mol. The largest absolute Gasteiger partial charge is 0.489 e. The molecule has 0 aliphatic carbocycles. The molecule has 1 aliphatic rings. The lowest BCUT2D eigenvalue weighted by Crippen LogP contribution is -2.34. The standard InChI is InChI=1S/C21H21Cl2NO3/c22-19-11-10-18(14-20(19)23)26-13-5-9-17-8-4-12-24(17)21(25)27-15-16-6-2-1-3-7-16/h1-3,5-7,9-11,14,17H,4,8,12-13,15H2/b9-5+/t17-/m1/s1. The SMILES string of the molecule is O=C(OCc1ccccc1)N1CCC[C@@H]1/C=C/COc1ccc(Cl)c(Cl)c1. The second kappa shape index (κ2) is 9.67. The molecule has 1 atom stereocenters. The van der Waals surface area contributed by atoms with Crippen LogP contribution in [0.15, 0.2) is 60.7 Å². The van der Waals surface area contributed by atoms with E-state index in [2.05, 4.69) is 0 Å². The number of hydrogen-bond acceptors (Lipinski definition) is 3. The minimum Gasteiger partial charge on any atom is -0.489 e. The maximum Gasteiger partial charge on any atom is 0.410 e. The summed E-state index contributed by atoms with van der Waals surface area (Å²) in [5.74, 6) is 0.652. The van der Waals surface area contributed by atoms with Crippen molar-refractivity contribution in [3.8, 4) is 5.75 Å². The number of amides is 1. The molecule has 6 heteroatoms. The van der Waals surface area contributed by atoms with E-state index in [4.69, 9.17) is 32.7 Å². The summed E-state index contributed by atoms with van der Waals surface area (Å²) >= 11 is 11.9. The van der Waals surface area contributed by atoms with Crippen molar-refractivity contribution in [1.82, 2.24) is 4.90 Å². The molecule has 2 aromatic carbocycles. The third-order valence-electron chi connectivity index (χ3n) is 4.33. The van der Waals surface area contributed by atoms with Gasteiger partial charge in [-0.3, -0.25) is 0 Å². The van der Waals surface area contributed by atoms with E-state index in [0.29, 0.717) is 28.9 Å². The zero-order valence-corrected chi connectivity index (χ0v) is 16.3. The molecule has 142 valence electrons. The first-order valence-corrected chi connectivity index (χ1v) is 9.61. The predicted octanol–water partition coefficient (Wildman–Crippen LogP) is 5.73. The summed E-state index contributed by atoms with van der Waals surface area (Å²) in [6, 6.07) is 14.9. The molecule has 0 aromatic heterocycles. The van der Waals surface area contributed by atoms with Crippen molar-refractivity contribution in [2.75, 3.05) is 13.2 Å². The number of rotatable bonds is 6. The van der Waals surface area contributed by atoms with E-state index in [0.717, 1.165) is 18.4 Å². The molecule has 0 saturated carbocycles. The lowest BCUT2D eigenvalue weighted by atomic mass is 10.2. The molecule has 1 fully saturated rings. The van der Waals surface area contributed by atoms with Crippen LogP contribution >= 0.6 is 23.2 Å². The third-order valence-corrected chi connectivity index (χ3v) is 5.07. The molecule has 0 radical (unpaired) electrons. The van der Waals surface area contributed by atoms with Gasteiger partial charge in [0.15, 0.2) is 0 Å². The molecule has 0 spiro atoms. The van der Waals surface area contributed by atoms with Gasteiger partial charge in [0.25, 0.3) is 0 Å². The quantitative estimate of drug-likeness (QED) is 0.575. The summed E-state index contributed by atoms with van der Waals surface area (Å²) in [5.41, 5.74) is 0.979. The van der Waals surface area contributed by atoms with E-state index >= 15 is 0 Å². The molecule has 1 heterocycles. The van der Waals surface area contributed by atoms with Crippen molar-refractivity contribution in [2.45, 2.75) is 25.5 Å². The Morgan fingerprint density at radius 3 is 2.74 bits per heavy atom. The Hall–Kier alpha value is -2.17. The van der Waals surface area contributed by atoms with Gasteiger partial charge in [-0.15, -0.1) is 0 Å². The van der Waals surface area contributed by atoms with Gasteiger partial charge in [-0.1, -0.05) is 59.6 Å². The fourth-order valence-corrected chi connectivity index (χ4v) is 3.23. The van der Waals surface area contributed by atoms with E-state index in [9.17, 15) is 4.79 Å². The molecule has 4 nitrogen and oxygen atoms in total. The van der Waals surface area contributed by atoms with Gasteiger partial charge in [-0.2, -0.15) is 0 Å². The van der Waals surface area contributed by atoms with Gasteiger partial charge in [-0.05, 0) is 36.6 Å². The average molecular weight is 406 g/mol. The lowest BCUT2D eigenvalue weighted by Gasteiger charge is -2.21. The fourth-order valence-electron chi connectivity index (χ4n) is 2.95. The Bertz CT molecular complexity index is 795. The smallest absolute Gasteiger partial charge is 0.410 e. The Labute approximate surface area is 169 Å². The van der Waals surface area contributed by atoms with E-state index in [1.165, 1.54) is 0 Å². The summed E-state index contributed by atoms with van der Waals surface area (Å²) in [4.78, 5) is 14.1. The summed E-state index contributed by atoms with van der Waals surface area (Å²) < 4.78 is 11.1. The summed E-state index contributed by atoms with van der Waals surface area (Å²) in [5, 5.41) is 0.955. The number of halogens is 2. The second-order valence-corrected chi connectivity index (χ2v) is 7.07. The number of nitrogens with zero attached hydrogens (tertiary/aromatic N) is 1. The monoisotopic (exact) mass is 405 g/mol. The first-order chi connectivity index (χ1) is 13.1. The molecule has 1 aliphatic heterocycles. The van der Waals surface area contributed by atoms with Gasteiger partial charge < -0.3 is 14.4 Å². The molecule has 1 amide bonds. The van der Waals surface area contributed by atoms with Crippen molar-refractivity contribution in [2.24, 2.45) is 0 Å². The highest BCUT2D eigenvalue weighted by Crippen LogP contribution is 2.26. The predicted molar refractivity (Wildman–Crippen MR) is 107 cm³/mol. The van der Waals surface area contributed by atoms with Crippen molar-refractivity contribution in [3.05, 3.63) is 76.3 Å². The third kappa shape index (κ3) is 5.65. The Balaban J connectivity index is 1.47. The Kier molecular flexibility index (Phi) is 7.02. The van der Waals surface area contributed by atoms with Crippen LogP contribution < -0.4 is 4.74 Å². The van der Waals surface area contributed by atoms with Crippen LogP contribution in [0.4, 0.5) is 4.79 Å². The van der Waals surface area contributed by atoms with Crippen LogP contribution in [0.1, 0.15) is 18.4 Å². The van der Waals surface area contributed by atoms with Crippen LogP contribution in [0.2, 0.25) is 10.0 Å². The number of carbonyl (C=O) groups excluding carboxylic acids is 1. The van der Waals surface area contributed by atoms with Crippen LogP contribution in [-0.2, 0) is 11.3 Å². The summed E-state index contributed by atoms with van der Waals surface area (Å²) in [7, 11) is 0. The Morgan fingerprint density at radius 1 is 1.15 bits per heavy atom. The van der Waals surface area contributed by atoms with Gasteiger partial charge in [0.2, 0.25) is 0 Å². The van der Waals surface area contributed by atoms with Gasteiger partial charge in [0, 0.05) is 12.6 Å². The highest BCUT2D eigenvalue weighted by molar-refractivity contribution is 6.42. The molecule has 1 saturated heterocycles. The zero-order chi connectivity index (χ0) is 19.1. The van der Waals surface area contributed by atoms with Crippen LogP contribution in [-0.4, -0.2) is 30.2 Å². The molecule has 0 unspecified atom stereocenters. The summed E-state index contributed by atoms with van der Waals surface area (Å²) in [6.07, 6.45) is 5.51. The van der Waals surface area contributed by atoms with Crippen LogP contribution in [0.3, 0.4) is 0 Å². The van der Waals surface area contributed by atoms with Gasteiger partial charge in [0.1, 0.15) is 19.0 Å². The maximum atomic E-state index is 12.4. The molecule has 0 bridgehead atoms. The fraction of sp³-hybridized carbons (Fsp3) is 0.286. The molecule has 27 heavy (non-hydrogen) atoms. The zero-order valence-electron chi connectivity index (χ0n) is 14.8. The van der Waals surface area contributed by atoms with E-state index in [1.54, 1.807) is 23.1 Å². The maximum absolute atomic E-state index is 12.4. The molecule has 3 rings (SSSR count). The summed E-state index contributed by atoms with van der Waals surface area (Å²) in [6.45, 7) is 1.38. The minimum absolute atomic E-state index is 0.0330. The Morgan fingerprint density at radius 2 is 1.96 bits per heavy atom. The minimum atomic E-state index is -0.281. The molecule has 2 aromatic rings. The van der Waals surface area contributed by atoms with Crippen LogP contribution in [0.25, 0.3) is 0 Å². The number of carbonyl (C=O) groups is 1. The van der Waals surface area contributed by atoms with Gasteiger partial charge in [0.05, 0.1) is 16.1 Å². The molecular formula is C21H21Cl2NO3. The van der Waals surface area contributed by atoms with E-state index in [-0.39, 0.29) is 18.7 Å². The highest BCUT2D eigenvalue weighted by Gasteiger charge is 2.27. The van der Waals surface area contributed by atoms with Crippen molar-refractivity contribution < 1.29 is 14.3 Å². The first-order valence-electron chi connectivity index (χ1n) is 8.85. The van der Waals surface area contributed by atoms with Gasteiger partial charge >= 0.3 is 6.09 Å². The van der Waals surface area contributed by atoms with Crippen molar-refractivity contribution >= 4 is 29.3 Å². The average Bonchev–Trinajstić information content (AvgIpc) is 3.15. The number of benzene rings is 2. The number of ether oxygens (including phenoxy) is 2. The van der Waals surface area contributed by atoms with E-state index < -0.39 is 0 Å². The molecule has 0 N–H and O–H groups in total. The van der Waals surface area contributed by atoms with E-state index in [1.807, 2.05) is 42.5 Å². The highest BCUT2D eigenvalue weighted by atomic mass is 35.5. The van der Waals surface area contributed by atoms with Gasteiger partial charge in [-0.25, -0.2) is 4.79 Å². The normalized spacial score (nSPS) is 16.7. The number of likely N-dealkylation sites (tertiary alicyclic amines) is 1.